The second kappa shape index (κ2) is 4.34. The zero-order chi connectivity index (χ0) is 11.7. The fraction of sp³-hybridized carbons (Fsp3) is 0.286. The van der Waals surface area contributed by atoms with E-state index >= 15 is 0 Å². The molecule has 0 amide bonds. The van der Waals surface area contributed by atoms with Crippen LogP contribution >= 0.6 is 0 Å². The van der Waals surface area contributed by atoms with Gasteiger partial charge in [0.2, 0.25) is 0 Å². The first-order valence-corrected chi connectivity index (χ1v) is 5.90. The number of furan rings is 1. The molecular formula is C14H14FNO. The fourth-order valence-corrected chi connectivity index (χ4v) is 1.81. The van der Waals surface area contributed by atoms with Gasteiger partial charge in [-0.1, -0.05) is 12.1 Å². The molecule has 1 N–H and O–H groups in total. The molecule has 1 aliphatic carbocycles. The molecule has 17 heavy (non-hydrogen) atoms. The van der Waals surface area contributed by atoms with Crippen LogP contribution in [0.5, 0.6) is 0 Å². The average molecular weight is 231 g/mol. The van der Waals surface area contributed by atoms with E-state index < -0.39 is 0 Å². The Balaban J connectivity index is 1.77. The maximum absolute atomic E-state index is 13.5. The van der Waals surface area contributed by atoms with E-state index in [4.69, 9.17) is 4.42 Å². The molecule has 1 aromatic carbocycles. The molecule has 0 radical (unpaired) electrons. The summed E-state index contributed by atoms with van der Waals surface area (Å²) in [7, 11) is 0. The lowest BCUT2D eigenvalue weighted by Crippen LogP contribution is -2.14. The molecule has 0 saturated heterocycles. The summed E-state index contributed by atoms with van der Waals surface area (Å²) in [5, 5.41) is 3.36. The average Bonchev–Trinajstić information content (AvgIpc) is 3.06. The summed E-state index contributed by atoms with van der Waals surface area (Å²) in [4.78, 5) is 0. The predicted octanol–water partition coefficient (Wildman–Crippen LogP) is 3.34. The molecule has 1 aliphatic rings. The van der Waals surface area contributed by atoms with Crippen molar-refractivity contribution in [3.63, 3.8) is 0 Å². The summed E-state index contributed by atoms with van der Waals surface area (Å²) in [6, 6.07) is 11.0. The van der Waals surface area contributed by atoms with Crippen LogP contribution in [0.15, 0.2) is 40.8 Å². The minimum Gasteiger partial charge on any atom is -0.460 e. The van der Waals surface area contributed by atoms with Crippen molar-refractivity contribution in [3.05, 3.63) is 48.0 Å². The van der Waals surface area contributed by atoms with E-state index in [1.807, 2.05) is 18.2 Å². The van der Waals surface area contributed by atoms with Gasteiger partial charge >= 0.3 is 0 Å². The first kappa shape index (κ1) is 10.5. The van der Waals surface area contributed by atoms with Crippen LogP contribution in [0.1, 0.15) is 18.6 Å². The highest BCUT2D eigenvalue weighted by Crippen LogP contribution is 2.25. The Bertz CT molecular complexity index is 516. The summed E-state index contributed by atoms with van der Waals surface area (Å²) in [6.07, 6.45) is 2.50. The standard InChI is InChI=1S/C14H14FNO/c15-13-4-2-1-3-12(13)14-8-7-11(17-14)9-16-10-5-6-10/h1-4,7-8,10,16H,5-6,9H2. The van der Waals surface area contributed by atoms with Gasteiger partial charge in [-0.05, 0) is 37.1 Å². The maximum Gasteiger partial charge on any atom is 0.137 e. The van der Waals surface area contributed by atoms with Crippen molar-refractivity contribution >= 4 is 0 Å². The Hall–Kier alpha value is -1.61. The van der Waals surface area contributed by atoms with Crippen molar-refractivity contribution < 1.29 is 8.81 Å². The molecule has 3 rings (SSSR count). The van der Waals surface area contributed by atoms with E-state index in [-0.39, 0.29) is 5.82 Å². The normalized spacial score (nSPS) is 15.1. The van der Waals surface area contributed by atoms with Crippen molar-refractivity contribution in [2.75, 3.05) is 0 Å². The Morgan fingerprint density at radius 1 is 1.18 bits per heavy atom. The minimum atomic E-state index is -0.247. The minimum absolute atomic E-state index is 0.247. The Morgan fingerprint density at radius 2 is 2.00 bits per heavy atom. The molecule has 0 atom stereocenters. The first-order valence-electron chi connectivity index (χ1n) is 5.90. The Kier molecular flexibility index (Phi) is 2.69. The highest BCUT2D eigenvalue weighted by molar-refractivity contribution is 5.58. The smallest absolute Gasteiger partial charge is 0.137 e. The number of hydrogen-bond donors (Lipinski definition) is 1. The van der Waals surface area contributed by atoms with Crippen molar-refractivity contribution in [1.29, 1.82) is 0 Å². The van der Waals surface area contributed by atoms with Gasteiger partial charge in [0.05, 0.1) is 12.1 Å². The predicted molar refractivity (Wildman–Crippen MR) is 64.0 cm³/mol. The van der Waals surface area contributed by atoms with Gasteiger partial charge < -0.3 is 9.73 Å². The summed E-state index contributed by atoms with van der Waals surface area (Å²) in [5.41, 5.74) is 0.519. The summed E-state index contributed by atoms with van der Waals surface area (Å²) in [6.45, 7) is 0.721. The van der Waals surface area contributed by atoms with E-state index in [1.165, 1.54) is 18.9 Å². The maximum atomic E-state index is 13.5. The number of benzene rings is 1. The first-order chi connectivity index (χ1) is 8.33. The van der Waals surface area contributed by atoms with Crippen LogP contribution in [-0.4, -0.2) is 6.04 Å². The molecule has 0 spiro atoms. The van der Waals surface area contributed by atoms with Crippen LogP contribution in [0.2, 0.25) is 0 Å². The molecule has 3 heteroatoms. The third-order valence-corrected chi connectivity index (χ3v) is 2.94. The molecule has 88 valence electrons. The monoisotopic (exact) mass is 231 g/mol. The molecule has 0 bridgehead atoms. The van der Waals surface area contributed by atoms with Crippen LogP contribution < -0.4 is 5.32 Å². The van der Waals surface area contributed by atoms with Crippen molar-refractivity contribution in [3.8, 4) is 11.3 Å². The van der Waals surface area contributed by atoms with Crippen LogP contribution in [0, 0.1) is 5.82 Å². The SMILES string of the molecule is Fc1ccccc1-c1ccc(CNC2CC2)o1. The Labute approximate surface area is 99.5 Å². The fourth-order valence-electron chi connectivity index (χ4n) is 1.81. The van der Waals surface area contributed by atoms with Crippen molar-refractivity contribution in [1.82, 2.24) is 5.32 Å². The zero-order valence-electron chi connectivity index (χ0n) is 9.45. The van der Waals surface area contributed by atoms with Gasteiger partial charge in [0.25, 0.3) is 0 Å². The van der Waals surface area contributed by atoms with Crippen LogP contribution in [0.25, 0.3) is 11.3 Å². The van der Waals surface area contributed by atoms with Gasteiger partial charge in [-0.25, -0.2) is 4.39 Å². The molecule has 1 fully saturated rings. The van der Waals surface area contributed by atoms with Crippen LogP contribution in [0.3, 0.4) is 0 Å². The quantitative estimate of drug-likeness (QED) is 0.873. The van der Waals surface area contributed by atoms with Crippen molar-refractivity contribution in [2.45, 2.75) is 25.4 Å². The third-order valence-electron chi connectivity index (χ3n) is 2.94. The number of nitrogens with one attached hydrogen (secondary N) is 1. The molecule has 2 aromatic rings. The summed E-state index contributed by atoms with van der Waals surface area (Å²) in [5.74, 6) is 1.20. The summed E-state index contributed by atoms with van der Waals surface area (Å²) >= 11 is 0. The van der Waals surface area contributed by atoms with Gasteiger partial charge in [-0.15, -0.1) is 0 Å². The molecule has 2 nitrogen and oxygen atoms in total. The van der Waals surface area contributed by atoms with Crippen molar-refractivity contribution in [2.24, 2.45) is 0 Å². The molecule has 1 saturated carbocycles. The van der Waals surface area contributed by atoms with Gasteiger partial charge in [0, 0.05) is 6.04 Å². The lowest BCUT2D eigenvalue weighted by atomic mass is 10.1. The number of hydrogen-bond acceptors (Lipinski definition) is 2. The lowest BCUT2D eigenvalue weighted by molar-refractivity contribution is 0.489. The molecule has 1 aromatic heterocycles. The van der Waals surface area contributed by atoms with Gasteiger partial charge in [0.15, 0.2) is 0 Å². The molecule has 1 heterocycles. The van der Waals surface area contributed by atoms with Gasteiger partial charge in [0.1, 0.15) is 17.3 Å². The van der Waals surface area contributed by atoms with Gasteiger partial charge in [-0.2, -0.15) is 0 Å². The highest BCUT2D eigenvalue weighted by atomic mass is 19.1. The van der Waals surface area contributed by atoms with E-state index in [0.29, 0.717) is 17.4 Å². The summed E-state index contributed by atoms with van der Waals surface area (Å²) < 4.78 is 19.2. The third kappa shape index (κ3) is 2.39. The molecule has 0 unspecified atom stereocenters. The number of rotatable bonds is 4. The van der Waals surface area contributed by atoms with Gasteiger partial charge in [-0.3, -0.25) is 0 Å². The van der Waals surface area contributed by atoms with E-state index in [2.05, 4.69) is 5.32 Å². The molecular weight excluding hydrogens is 217 g/mol. The van der Waals surface area contributed by atoms with E-state index in [9.17, 15) is 4.39 Å². The second-order valence-corrected chi connectivity index (χ2v) is 4.40. The van der Waals surface area contributed by atoms with Crippen LogP contribution in [-0.2, 0) is 6.54 Å². The largest absolute Gasteiger partial charge is 0.460 e. The highest BCUT2D eigenvalue weighted by Gasteiger charge is 2.20. The van der Waals surface area contributed by atoms with E-state index in [0.717, 1.165) is 12.3 Å². The second-order valence-electron chi connectivity index (χ2n) is 4.40. The Morgan fingerprint density at radius 3 is 2.76 bits per heavy atom. The van der Waals surface area contributed by atoms with Crippen LogP contribution in [0.4, 0.5) is 4.39 Å². The lowest BCUT2D eigenvalue weighted by Gasteiger charge is -2.00. The molecule has 0 aliphatic heterocycles. The number of halogens is 1. The van der Waals surface area contributed by atoms with E-state index in [1.54, 1.807) is 12.1 Å². The zero-order valence-corrected chi connectivity index (χ0v) is 9.45. The topological polar surface area (TPSA) is 25.2 Å².